The zero-order chi connectivity index (χ0) is 12.7. The van der Waals surface area contributed by atoms with Gasteiger partial charge in [-0.25, -0.2) is 0 Å². The van der Waals surface area contributed by atoms with E-state index in [4.69, 9.17) is 4.74 Å². The summed E-state index contributed by atoms with van der Waals surface area (Å²) >= 11 is 0. The fraction of sp³-hybridized carbons (Fsp3) is 1.00. The molecule has 1 aliphatic rings. The molecule has 1 nitrogen and oxygen atoms in total. The van der Waals surface area contributed by atoms with Crippen LogP contribution in [-0.4, -0.2) is 12.2 Å². The summed E-state index contributed by atoms with van der Waals surface area (Å²) in [6.45, 7) is 18.5. The number of rotatable bonds is 1. The summed E-state index contributed by atoms with van der Waals surface area (Å²) in [7, 11) is 0. The lowest BCUT2D eigenvalue weighted by atomic mass is 9.76. The van der Waals surface area contributed by atoms with Gasteiger partial charge in [0.15, 0.2) is 0 Å². The van der Waals surface area contributed by atoms with E-state index in [9.17, 15) is 0 Å². The normalized spacial score (nSPS) is 36.8. The van der Waals surface area contributed by atoms with Gasteiger partial charge in [-0.2, -0.15) is 0 Å². The van der Waals surface area contributed by atoms with Gasteiger partial charge in [-0.3, -0.25) is 0 Å². The maximum atomic E-state index is 6.33. The SMILES string of the molecule is CC1C(CC(C)(C)C)OC(C(C)(C)C)C1C. The van der Waals surface area contributed by atoms with Crippen LogP contribution in [0.2, 0.25) is 0 Å². The van der Waals surface area contributed by atoms with E-state index in [0.29, 0.717) is 29.5 Å². The summed E-state index contributed by atoms with van der Waals surface area (Å²) in [5, 5.41) is 0. The minimum absolute atomic E-state index is 0.264. The Morgan fingerprint density at radius 1 is 0.875 bits per heavy atom. The molecule has 0 spiro atoms. The first-order chi connectivity index (χ1) is 7.02. The molecule has 0 aliphatic carbocycles. The Balaban J connectivity index is 2.72. The zero-order valence-electron chi connectivity index (χ0n) is 12.4. The molecule has 0 amide bonds. The van der Waals surface area contributed by atoms with E-state index in [-0.39, 0.29) is 5.41 Å². The second-order valence-corrected chi connectivity index (χ2v) is 7.94. The average Bonchev–Trinajstić information content (AvgIpc) is 2.28. The van der Waals surface area contributed by atoms with Crippen LogP contribution in [0.5, 0.6) is 0 Å². The van der Waals surface area contributed by atoms with E-state index in [2.05, 4.69) is 55.4 Å². The zero-order valence-corrected chi connectivity index (χ0v) is 12.4. The second-order valence-electron chi connectivity index (χ2n) is 7.94. The molecule has 0 N–H and O–H groups in total. The van der Waals surface area contributed by atoms with Gasteiger partial charge in [-0.15, -0.1) is 0 Å². The van der Waals surface area contributed by atoms with Gasteiger partial charge in [0, 0.05) is 0 Å². The molecule has 1 heterocycles. The predicted molar refractivity (Wildman–Crippen MR) is 70.5 cm³/mol. The molecule has 4 unspecified atom stereocenters. The third-order valence-electron chi connectivity index (χ3n) is 3.88. The van der Waals surface area contributed by atoms with Crippen molar-refractivity contribution in [1.29, 1.82) is 0 Å². The maximum absolute atomic E-state index is 6.33. The predicted octanol–water partition coefficient (Wildman–Crippen LogP) is 4.51. The van der Waals surface area contributed by atoms with Crippen LogP contribution < -0.4 is 0 Å². The Hall–Kier alpha value is -0.0400. The van der Waals surface area contributed by atoms with Crippen molar-refractivity contribution in [2.24, 2.45) is 22.7 Å². The highest BCUT2D eigenvalue weighted by Gasteiger charge is 2.45. The standard InChI is InChI=1S/C15H30O/c1-10-11(2)13(15(6,7)8)16-12(10)9-14(3,4)5/h10-13H,9H2,1-8H3. The van der Waals surface area contributed by atoms with Crippen molar-refractivity contribution in [3.8, 4) is 0 Å². The van der Waals surface area contributed by atoms with E-state index in [1.807, 2.05) is 0 Å². The van der Waals surface area contributed by atoms with Crippen LogP contribution >= 0.6 is 0 Å². The van der Waals surface area contributed by atoms with E-state index < -0.39 is 0 Å². The second kappa shape index (κ2) is 4.33. The summed E-state index contributed by atoms with van der Waals surface area (Å²) < 4.78 is 6.33. The van der Waals surface area contributed by atoms with Gasteiger partial charge in [-0.1, -0.05) is 55.4 Å². The number of hydrogen-bond acceptors (Lipinski definition) is 1. The van der Waals surface area contributed by atoms with Gasteiger partial charge < -0.3 is 4.74 Å². The topological polar surface area (TPSA) is 9.23 Å². The van der Waals surface area contributed by atoms with E-state index >= 15 is 0 Å². The Morgan fingerprint density at radius 3 is 1.69 bits per heavy atom. The molecule has 96 valence electrons. The Morgan fingerprint density at radius 2 is 1.38 bits per heavy atom. The summed E-state index contributed by atoms with van der Waals surface area (Å²) in [5.74, 6) is 1.36. The van der Waals surface area contributed by atoms with Crippen molar-refractivity contribution in [1.82, 2.24) is 0 Å². The highest BCUT2D eigenvalue weighted by atomic mass is 16.5. The molecule has 0 aromatic rings. The van der Waals surface area contributed by atoms with Crippen molar-refractivity contribution < 1.29 is 4.74 Å². The van der Waals surface area contributed by atoms with Crippen LogP contribution in [0.4, 0.5) is 0 Å². The maximum Gasteiger partial charge on any atom is 0.0656 e. The number of ether oxygens (including phenoxy) is 1. The van der Waals surface area contributed by atoms with E-state index in [1.54, 1.807) is 0 Å². The van der Waals surface area contributed by atoms with Crippen molar-refractivity contribution in [2.75, 3.05) is 0 Å². The molecule has 4 atom stereocenters. The molecule has 1 heteroatoms. The molecule has 1 fully saturated rings. The van der Waals surface area contributed by atoms with Crippen LogP contribution in [0.1, 0.15) is 61.8 Å². The Bertz CT molecular complexity index is 231. The van der Waals surface area contributed by atoms with Crippen LogP contribution in [0.15, 0.2) is 0 Å². The Kier molecular flexibility index (Phi) is 3.79. The molecule has 0 aromatic carbocycles. The number of hydrogen-bond donors (Lipinski definition) is 0. The molecular weight excluding hydrogens is 196 g/mol. The molecule has 0 radical (unpaired) electrons. The molecule has 16 heavy (non-hydrogen) atoms. The fourth-order valence-corrected chi connectivity index (χ4v) is 2.88. The highest BCUT2D eigenvalue weighted by Crippen LogP contribution is 2.44. The fourth-order valence-electron chi connectivity index (χ4n) is 2.88. The van der Waals surface area contributed by atoms with Crippen LogP contribution in [-0.2, 0) is 4.74 Å². The minimum atomic E-state index is 0.264. The van der Waals surface area contributed by atoms with Crippen molar-refractivity contribution in [3.05, 3.63) is 0 Å². The molecule has 1 aliphatic heterocycles. The highest BCUT2D eigenvalue weighted by molar-refractivity contribution is 4.92. The van der Waals surface area contributed by atoms with Crippen molar-refractivity contribution in [3.63, 3.8) is 0 Å². The molecule has 1 saturated heterocycles. The largest absolute Gasteiger partial charge is 0.374 e. The van der Waals surface area contributed by atoms with Gasteiger partial charge in [-0.05, 0) is 29.1 Å². The van der Waals surface area contributed by atoms with Crippen LogP contribution in [0.3, 0.4) is 0 Å². The smallest absolute Gasteiger partial charge is 0.0656 e. The van der Waals surface area contributed by atoms with Gasteiger partial charge in [0.05, 0.1) is 12.2 Å². The van der Waals surface area contributed by atoms with Crippen LogP contribution in [0, 0.1) is 22.7 Å². The third-order valence-corrected chi connectivity index (χ3v) is 3.88. The minimum Gasteiger partial charge on any atom is -0.374 e. The summed E-state index contributed by atoms with van der Waals surface area (Å²) in [5.41, 5.74) is 0.631. The first-order valence-corrected chi connectivity index (χ1v) is 6.68. The molecule has 0 bridgehead atoms. The lowest BCUT2D eigenvalue weighted by Crippen LogP contribution is -2.31. The van der Waals surface area contributed by atoms with Crippen molar-refractivity contribution in [2.45, 2.75) is 74.0 Å². The summed E-state index contributed by atoms with van der Waals surface area (Å²) in [6.07, 6.45) is 2.03. The monoisotopic (exact) mass is 226 g/mol. The summed E-state index contributed by atoms with van der Waals surface area (Å²) in [4.78, 5) is 0. The van der Waals surface area contributed by atoms with Gasteiger partial charge in [0.25, 0.3) is 0 Å². The summed E-state index contributed by atoms with van der Waals surface area (Å²) in [6, 6.07) is 0. The quantitative estimate of drug-likeness (QED) is 0.639. The molecular formula is C15H30O. The average molecular weight is 226 g/mol. The lowest BCUT2D eigenvalue weighted by molar-refractivity contribution is -0.0418. The van der Waals surface area contributed by atoms with Gasteiger partial charge in [0.1, 0.15) is 0 Å². The van der Waals surface area contributed by atoms with Gasteiger partial charge >= 0.3 is 0 Å². The molecule has 0 saturated carbocycles. The lowest BCUT2D eigenvalue weighted by Gasteiger charge is -2.30. The Labute approximate surface area is 102 Å². The molecule has 1 rings (SSSR count). The van der Waals surface area contributed by atoms with Crippen molar-refractivity contribution >= 4 is 0 Å². The van der Waals surface area contributed by atoms with Crippen LogP contribution in [0.25, 0.3) is 0 Å². The first kappa shape index (κ1) is 14.0. The van der Waals surface area contributed by atoms with E-state index in [0.717, 1.165) is 0 Å². The first-order valence-electron chi connectivity index (χ1n) is 6.68. The van der Waals surface area contributed by atoms with E-state index in [1.165, 1.54) is 6.42 Å². The van der Waals surface area contributed by atoms with Gasteiger partial charge in [0.2, 0.25) is 0 Å². The third kappa shape index (κ3) is 3.23. The molecule has 0 aromatic heterocycles.